The van der Waals surface area contributed by atoms with E-state index in [-0.39, 0.29) is 29.2 Å². The van der Waals surface area contributed by atoms with Gasteiger partial charge in [-0.15, -0.1) is 0 Å². The number of rotatable bonds is 3. The predicted molar refractivity (Wildman–Crippen MR) is 93.0 cm³/mol. The third-order valence-corrected chi connectivity index (χ3v) is 4.08. The topological polar surface area (TPSA) is 118 Å². The van der Waals surface area contributed by atoms with Crippen LogP contribution in [0.1, 0.15) is 26.3 Å². The summed E-state index contributed by atoms with van der Waals surface area (Å²) < 4.78 is 10.5. The molecule has 0 aliphatic carbocycles. The molecule has 4 rings (SSSR count). The van der Waals surface area contributed by atoms with Gasteiger partial charge in [-0.3, -0.25) is 19.7 Å². The predicted octanol–water partition coefficient (Wildman–Crippen LogP) is 1.84. The van der Waals surface area contributed by atoms with Gasteiger partial charge in [0, 0.05) is 0 Å². The van der Waals surface area contributed by atoms with Crippen molar-refractivity contribution in [1.82, 2.24) is 5.32 Å². The molecule has 2 N–H and O–H groups in total. The Balaban J connectivity index is 1.62. The fourth-order valence-corrected chi connectivity index (χ4v) is 2.83. The van der Waals surface area contributed by atoms with Gasteiger partial charge in [0.25, 0.3) is 17.7 Å². The van der Waals surface area contributed by atoms with Crippen molar-refractivity contribution < 1.29 is 23.9 Å². The number of fused-ring (bicyclic) bond motifs is 2. The van der Waals surface area contributed by atoms with Crippen molar-refractivity contribution in [2.75, 3.05) is 12.1 Å². The van der Waals surface area contributed by atoms with Crippen LogP contribution in [0.5, 0.6) is 11.5 Å². The second-order valence-corrected chi connectivity index (χ2v) is 5.75. The largest absolute Gasteiger partial charge is 0.454 e. The average molecular weight is 361 g/mol. The molecule has 2 aromatic carbocycles. The first kappa shape index (κ1) is 16.4. The maximum atomic E-state index is 12.5. The Morgan fingerprint density at radius 2 is 1.96 bits per heavy atom. The molecule has 8 heteroatoms. The SMILES string of the molecule is N#CC(=Cc1ccc2c(c1)OCO2)C(=O)Nc1cccc2c1C(=O)NC2=O. The van der Waals surface area contributed by atoms with Gasteiger partial charge in [0.15, 0.2) is 11.5 Å². The lowest BCUT2D eigenvalue weighted by Crippen LogP contribution is -2.21. The summed E-state index contributed by atoms with van der Waals surface area (Å²) in [4.78, 5) is 36.1. The Hall–Kier alpha value is -4.12. The van der Waals surface area contributed by atoms with E-state index in [2.05, 4.69) is 10.6 Å². The van der Waals surface area contributed by atoms with Crippen molar-refractivity contribution in [1.29, 1.82) is 5.26 Å². The number of carbonyl (C=O) groups excluding carboxylic acids is 3. The number of amides is 3. The van der Waals surface area contributed by atoms with Crippen LogP contribution in [0.2, 0.25) is 0 Å². The van der Waals surface area contributed by atoms with E-state index in [1.54, 1.807) is 24.3 Å². The monoisotopic (exact) mass is 361 g/mol. The van der Waals surface area contributed by atoms with Crippen molar-refractivity contribution in [2.45, 2.75) is 0 Å². The zero-order valence-corrected chi connectivity index (χ0v) is 13.7. The fraction of sp³-hybridized carbons (Fsp3) is 0.0526. The molecule has 0 atom stereocenters. The van der Waals surface area contributed by atoms with Crippen LogP contribution < -0.4 is 20.1 Å². The lowest BCUT2D eigenvalue weighted by atomic mass is 10.1. The molecule has 2 heterocycles. The normalized spacial score (nSPS) is 14.4. The van der Waals surface area contributed by atoms with E-state index in [4.69, 9.17) is 9.47 Å². The van der Waals surface area contributed by atoms with Gasteiger partial charge >= 0.3 is 0 Å². The average Bonchev–Trinajstić information content (AvgIpc) is 3.24. The number of anilines is 1. The summed E-state index contributed by atoms with van der Waals surface area (Å²) in [5.41, 5.74) is 0.827. The Bertz CT molecular complexity index is 1080. The van der Waals surface area contributed by atoms with Crippen LogP contribution in [0.4, 0.5) is 5.69 Å². The van der Waals surface area contributed by atoms with E-state index in [1.807, 2.05) is 6.07 Å². The standard InChI is InChI=1S/C19H11N3O5/c20-8-11(6-10-4-5-14-15(7-10)27-9-26-14)17(23)21-13-3-1-2-12-16(13)19(25)22-18(12)24/h1-7H,9H2,(H,21,23)(H,22,24,25). The zero-order chi connectivity index (χ0) is 19.0. The second-order valence-electron chi connectivity index (χ2n) is 5.75. The van der Waals surface area contributed by atoms with Crippen LogP contribution in [-0.4, -0.2) is 24.5 Å². The number of nitriles is 1. The molecular weight excluding hydrogens is 350 g/mol. The summed E-state index contributed by atoms with van der Waals surface area (Å²) >= 11 is 0. The molecule has 2 aliphatic rings. The Morgan fingerprint density at radius 1 is 1.15 bits per heavy atom. The molecule has 0 aromatic heterocycles. The van der Waals surface area contributed by atoms with Crippen LogP contribution in [0.25, 0.3) is 6.08 Å². The van der Waals surface area contributed by atoms with Crippen LogP contribution in [-0.2, 0) is 4.79 Å². The highest BCUT2D eigenvalue weighted by Gasteiger charge is 2.30. The number of imide groups is 1. The molecule has 8 nitrogen and oxygen atoms in total. The van der Waals surface area contributed by atoms with Gasteiger partial charge in [0.2, 0.25) is 6.79 Å². The van der Waals surface area contributed by atoms with Crippen molar-refractivity contribution in [3.8, 4) is 17.6 Å². The molecule has 0 unspecified atom stereocenters. The first-order chi connectivity index (χ1) is 13.1. The molecule has 3 amide bonds. The third-order valence-electron chi connectivity index (χ3n) is 4.08. The molecule has 0 saturated heterocycles. The number of nitrogens with one attached hydrogen (secondary N) is 2. The zero-order valence-electron chi connectivity index (χ0n) is 13.7. The summed E-state index contributed by atoms with van der Waals surface area (Å²) in [5, 5.41) is 14.0. The number of benzene rings is 2. The first-order valence-electron chi connectivity index (χ1n) is 7.88. The number of hydrogen-bond acceptors (Lipinski definition) is 6. The minimum Gasteiger partial charge on any atom is -0.454 e. The number of ether oxygens (including phenoxy) is 2. The molecule has 0 saturated carbocycles. The molecule has 0 bridgehead atoms. The Labute approximate surface area is 153 Å². The number of nitrogens with zero attached hydrogens (tertiary/aromatic N) is 1. The Kier molecular flexibility index (Phi) is 3.82. The summed E-state index contributed by atoms with van der Waals surface area (Å²) in [6.45, 7) is 0.119. The quantitative estimate of drug-likeness (QED) is 0.489. The van der Waals surface area contributed by atoms with E-state index in [0.717, 1.165) is 0 Å². The van der Waals surface area contributed by atoms with Gasteiger partial charge in [-0.25, -0.2) is 0 Å². The van der Waals surface area contributed by atoms with Crippen molar-refractivity contribution >= 4 is 29.5 Å². The lowest BCUT2D eigenvalue weighted by Gasteiger charge is -2.07. The van der Waals surface area contributed by atoms with Crippen LogP contribution in [0, 0.1) is 11.3 Å². The van der Waals surface area contributed by atoms with E-state index < -0.39 is 17.7 Å². The highest BCUT2D eigenvalue weighted by Crippen LogP contribution is 2.33. The van der Waals surface area contributed by atoms with Gasteiger partial charge in [-0.2, -0.15) is 5.26 Å². The van der Waals surface area contributed by atoms with Gasteiger partial charge in [0.05, 0.1) is 16.8 Å². The van der Waals surface area contributed by atoms with Gasteiger partial charge in [-0.1, -0.05) is 12.1 Å². The fourth-order valence-electron chi connectivity index (χ4n) is 2.83. The van der Waals surface area contributed by atoms with Crippen molar-refractivity contribution in [3.63, 3.8) is 0 Å². The Morgan fingerprint density at radius 3 is 2.78 bits per heavy atom. The van der Waals surface area contributed by atoms with Crippen LogP contribution in [0.15, 0.2) is 42.0 Å². The molecule has 132 valence electrons. The molecule has 0 spiro atoms. The minimum absolute atomic E-state index is 0.0798. The van der Waals surface area contributed by atoms with Gasteiger partial charge in [0.1, 0.15) is 11.6 Å². The molecule has 2 aliphatic heterocycles. The summed E-state index contributed by atoms with van der Waals surface area (Å²) in [7, 11) is 0. The van der Waals surface area contributed by atoms with E-state index in [0.29, 0.717) is 17.1 Å². The number of hydrogen-bond donors (Lipinski definition) is 2. The molecule has 27 heavy (non-hydrogen) atoms. The second kappa shape index (κ2) is 6.31. The van der Waals surface area contributed by atoms with Crippen molar-refractivity contribution in [3.05, 3.63) is 58.7 Å². The number of carbonyl (C=O) groups is 3. The molecule has 2 aromatic rings. The molecular formula is C19H11N3O5. The van der Waals surface area contributed by atoms with E-state index in [9.17, 15) is 19.6 Å². The minimum atomic E-state index is -0.698. The maximum absolute atomic E-state index is 12.5. The van der Waals surface area contributed by atoms with Crippen molar-refractivity contribution in [2.24, 2.45) is 0 Å². The van der Waals surface area contributed by atoms with Crippen LogP contribution in [0.3, 0.4) is 0 Å². The van der Waals surface area contributed by atoms with Gasteiger partial charge < -0.3 is 14.8 Å². The summed E-state index contributed by atoms with van der Waals surface area (Å²) in [6.07, 6.45) is 1.39. The lowest BCUT2D eigenvalue weighted by molar-refractivity contribution is -0.112. The highest BCUT2D eigenvalue weighted by atomic mass is 16.7. The van der Waals surface area contributed by atoms with E-state index in [1.165, 1.54) is 18.2 Å². The van der Waals surface area contributed by atoms with Gasteiger partial charge in [-0.05, 0) is 35.9 Å². The van der Waals surface area contributed by atoms with E-state index >= 15 is 0 Å². The highest BCUT2D eigenvalue weighted by molar-refractivity contribution is 6.25. The third kappa shape index (κ3) is 2.87. The molecule has 0 radical (unpaired) electrons. The molecule has 0 fully saturated rings. The first-order valence-corrected chi connectivity index (χ1v) is 7.88. The maximum Gasteiger partial charge on any atom is 0.266 e. The summed E-state index contributed by atoms with van der Waals surface area (Å²) in [6, 6.07) is 11.4. The smallest absolute Gasteiger partial charge is 0.266 e. The van der Waals surface area contributed by atoms with Crippen LogP contribution >= 0.6 is 0 Å². The summed E-state index contributed by atoms with van der Waals surface area (Å²) in [5.74, 6) is -0.703.